The highest BCUT2D eigenvalue weighted by Crippen LogP contribution is 2.30. The first-order valence-corrected chi connectivity index (χ1v) is 12.1. The van der Waals surface area contributed by atoms with Crippen LogP contribution in [-0.2, 0) is 4.79 Å². The van der Waals surface area contributed by atoms with Gasteiger partial charge in [0.05, 0.1) is 22.7 Å². The van der Waals surface area contributed by atoms with E-state index < -0.39 is 11.9 Å². The highest BCUT2D eigenvalue weighted by molar-refractivity contribution is 6.34. The number of para-hydroxylation sites is 1. The fourth-order valence-corrected chi connectivity index (χ4v) is 4.65. The van der Waals surface area contributed by atoms with Gasteiger partial charge in [-0.05, 0) is 55.5 Å². The summed E-state index contributed by atoms with van der Waals surface area (Å²) in [6, 6.07) is 13.3. The Balaban J connectivity index is 1.62. The molecular formula is C26H30ClN5O3. The van der Waals surface area contributed by atoms with Gasteiger partial charge in [0.25, 0.3) is 5.91 Å². The standard InChI is InChI=1S/C26H30ClN5O3/c1-17-7-5-12-22(27)23(17)32-26(35)31-20-11-6-10-19(15-20)24(33)30-16-21(25(34)29-14-13-28)18-8-3-2-4-9-18/h5-7,10-12,15,18,21H,2-4,8-9,14,16H2,1H3,(H,29,34)(H,30,33)(H2,31,32,35). The summed E-state index contributed by atoms with van der Waals surface area (Å²) >= 11 is 6.17. The van der Waals surface area contributed by atoms with Crippen molar-refractivity contribution in [1.82, 2.24) is 10.6 Å². The summed E-state index contributed by atoms with van der Waals surface area (Å²) in [5.41, 5.74) is 2.14. The van der Waals surface area contributed by atoms with Crippen molar-refractivity contribution in [2.24, 2.45) is 11.8 Å². The first kappa shape index (κ1) is 26.0. The van der Waals surface area contributed by atoms with E-state index in [1.165, 1.54) is 0 Å². The molecular weight excluding hydrogens is 466 g/mol. The lowest BCUT2D eigenvalue weighted by Crippen LogP contribution is -2.43. The van der Waals surface area contributed by atoms with Crippen molar-refractivity contribution in [3.8, 4) is 6.07 Å². The largest absolute Gasteiger partial charge is 0.351 e. The number of nitrogens with one attached hydrogen (secondary N) is 4. The summed E-state index contributed by atoms with van der Waals surface area (Å²) in [5, 5.41) is 20.2. The van der Waals surface area contributed by atoms with Gasteiger partial charge in [-0.3, -0.25) is 9.59 Å². The van der Waals surface area contributed by atoms with E-state index in [1.54, 1.807) is 36.4 Å². The van der Waals surface area contributed by atoms with Gasteiger partial charge >= 0.3 is 6.03 Å². The molecule has 9 heteroatoms. The monoisotopic (exact) mass is 495 g/mol. The minimum atomic E-state index is -0.481. The Labute approximate surface area is 210 Å². The van der Waals surface area contributed by atoms with Crippen molar-refractivity contribution >= 4 is 40.8 Å². The lowest BCUT2D eigenvalue weighted by molar-refractivity contribution is -0.126. The second-order valence-electron chi connectivity index (χ2n) is 8.68. The maximum Gasteiger partial charge on any atom is 0.323 e. The lowest BCUT2D eigenvalue weighted by atomic mass is 9.79. The van der Waals surface area contributed by atoms with E-state index >= 15 is 0 Å². The van der Waals surface area contributed by atoms with Crippen molar-refractivity contribution in [2.75, 3.05) is 23.7 Å². The molecule has 4 amide bonds. The van der Waals surface area contributed by atoms with E-state index in [2.05, 4.69) is 21.3 Å². The number of benzene rings is 2. The van der Waals surface area contributed by atoms with Crippen LogP contribution in [0.3, 0.4) is 0 Å². The van der Waals surface area contributed by atoms with Crippen LogP contribution in [0.1, 0.15) is 48.0 Å². The van der Waals surface area contributed by atoms with Crippen LogP contribution >= 0.6 is 11.6 Å². The molecule has 1 aliphatic carbocycles. The lowest BCUT2D eigenvalue weighted by Gasteiger charge is -2.29. The fraction of sp³-hybridized carbons (Fsp3) is 0.385. The molecule has 2 aromatic rings. The summed E-state index contributed by atoms with van der Waals surface area (Å²) in [6.07, 6.45) is 5.13. The van der Waals surface area contributed by atoms with Crippen LogP contribution in [0.5, 0.6) is 0 Å². The van der Waals surface area contributed by atoms with Gasteiger partial charge in [-0.1, -0.05) is 49.1 Å². The van der Waals surface area contributed by atoms with Gasteiger partial charge in [0, 0.05) is 17.8 Å². The number of amides is 4. The van der Waals surface area contributed by atoms with Crippen LogP contribution in [0.15, 0.2) is 42.5 Å². The molecule has 1 saturated carbocycles. The smallest absolute Gasteiger partial charge is 0.323 e. The number of anilines is 2. The number of aryl methyl sites for hydroxylation is 1. The van der Waals surface area contributed by atoms with Crippen LogP contribution in [0.2, 0.25) is 5.02 Å². The molecule has 1 fully saturated rings. The van der Waals surface area contributed by atoms with E-state index in [0.717, 1.165) is 37.7 Å². The number of nitriles is 1. The molecule has 0 spiro atoms. The van der Waals surface area contributed by atoms with Crippen molar-refractivity contribution < 1.29 is 14.4 Å². The Morgan fingerprint density at radius 3 is 2.51 bits per heavy atom. The number of hydrogen-bond donors (Lipinski definition) is 4. The Morgan fingerprint density at radius 1 is 1.06 bits per heavy atom. The Hall–Kier alpha value is -3.57. The molecule has 0 radical (unpaired) electrons. The van der Waals surface area contributed by atoms with Crippen molar-refractivity contribution in [2.45, 2.75) is 39.0 Å². The van der Waals surface area contributed by atoms with E-state index in [9.17, 15) is 14.4 Å². The van der Waals surface area contributed by atoms with E-state index in [0.29, 0.717) is 22.0 Å². The molecule has 3 rings (SSSR count). The van der Waals surface area contributed by atoms with Gasteiger partial charge in [0.15, 0.2) is 0 Å². The number of hydrogen-bond acceptors (Lipinski definition) is 4. The number of nitrogens with zero attached hydrogens (tertiary/aromatic N) is 1. The number of carbonyl (C=O) groups excluding carboxylic acids is 3. The number of urea groups is 1. The molecule has 4 N–H and O–H groups in total. The molecule has 184 valence electrons. The van der Waals surface area contributed by atoms with E-state index in [4.69, 9.17) is 16.9 Å². The highest BCUT2D eigenvalue weighted by atomic mass is 35.5. The predicted octanol–water partition coefficient (Wildman–Crippen LogP) is 4.86. The summed E-state index contributed by atoms with van der Waals surface area (Å²) in [7, 11) is 0. The van der Waals surface area contributed by atoms with Crippen molar-refractivity contribution in [3.63, 3.8) is 0 Å². The molecule has 1 aliphatic rings. The topological polar surface area (TPSA) is 123 Å². The molecule has 35 heavy (non-hydrogen) atoms. The van der Waals surface area contributed by atoms with Crippen LogP contribution in [0.25, 0.3) is 0 Å². The molecule has 2 aromatic carbocycles. The summed E-state index contributed by atoms with van der Waals surface area (Å²) < 4.78 is 0. The zero-order valence-electron chi connectivity index (χ0n) is 19.7. The number of halogens is 1. The van der Waals surface area contributed by atoms with Crippen molar-refractivity contribution in [1.29, 1.82) is 5.26 Å². The van der Waals surface area contributed by atoms with Gasteiger partial charge in [-0.25, -0.2) is 4.79 Å². The third kappa shape index (κ3) is 7.46. The zero-order valence-corrected chi connectivity index (χ0v) is 20.5. The normalized spacial score (nSPS) is 14.3. The summed E-state index contributed by atoms with van der Waals surface area (Å²) in [4.78, 5) is 38.0. The van der Waals surface area contributed by atoms with Crippen LogP contribution in [0, 0.1) is 30.1 Å². The molecule has 8 nitrogen and oxygen atoms in total. The number of carbonyl (C=O) groups is 3. The third-order valence-electron chi connectivity index (χ3n) is 6.22. The predicted molar refractivity (Wildman–Crippen MR) is 136 cm³/mol. The number of rotatable bonds is 8. The zero-order chi connectivity index (χ0) is 25.2. The van der Waals surface area contributed by atoms with Crippen LogP contribution in [0.4, 0.5) is 16.2 Å². The van der Waals surface area contributed by atoms with Gasteiger partial charge < -0.3 is 21.3 Å². The fourth-order valence-electron chi connectivity index (χ4n) is 4.38. The Bertz CT molecular complexity index is 1090. The first-order valence-electron chi connectivity index (χ1n) is 11.7. The minimum absolute atomic E-state index is 0.0561. The maximum absolute atomic E-state index is 12.8. The Kier molecular flexibility index (Phi) is 9.50. The molecule has 0 bridgehead atoms. The maximum atomic E-state index is 12.8. The second-order valence-corrected chi connectivity index (χ2v) is 9.09. The van der Waals surface area contributed by atoms with Gasteiger partial charge in [-0.2, -0.15) is 5.26 Å². The quantitative estimate of drug-likeness (QED) is 0.390. The second kappa shape index (κ2) is 12.8. The van der Waals surface area contributed by atoms with Gasteiger partial charge in [-0.15, -0.1) is 0 Å². The van der Waals surface area contributed by atoms with E-state index in [-0.39, 0.29) is 30.8 Å². The SMILES string of the molecule is Cc1cccc(Cl)c1NC(=O)Nc1cccc(C(=O)NCC(C(=O)NCC#N)C2CCCCC2)c1. The summed E-state index contributed by atoms with van der Waals surface area (Å²) in [6.45, 7) is 1.97. The third-order valence-corrected chi connectivity index (χ3v) is 6.54. The highest BCUT2D eigenvalue weighted by Gasteiger charge is 2.29. The Morgan fingerprint density at radius 2 is 1.80 bits per heavy atom. The average molecular weight is 496 g/mol. The molecule has 1 atom stereocenters. The minimum Gasteiger partial charge on any atom is -0.351 e. The average Bonchev–Trinajstić information content (AvgIpc) is 2.86. The molecule has 0 heterocycles. The molecule has 1 unspecified atom stereocenters. The molecule has 0 aliphatic heterocycles. The van der Waals surface area contributed by atoms with Crippen molar-refractivity contribution in [3.05, 3.63) is 58.6 Å². The first-order chi connectivity index (χ1) is 16.9. The molecule has 0 saturated heterocycles. The van der Waals surface area contributed by atoms with Crippen LogP contribution in [-0.4, -0.2) is 30.9 Å². The molecule has 0 aromatic heterocycles. The van der Waals surface area contributed by atoms with Crippen LogP contribution < -0.4 is 21.3 Å². The summed E-state index contributed by atoms with van der Waals surface area (Å²) in [5.74, 6) is -0.767. The van der Waals surface area contributed by atoms with Gasteiger partial charge in [0.2, 0.25) is 5.91 Å². The van der Waals surface area contributed by atoms with E-state index in [1.807, 2.05) is 19.1 Å². The van der Waals surface area contributed by atoms with Gasteiger partial charge in [0.1, 0.15) is 6.54 Å².